The number of benzene rings is 11. The van der Waals surface area contributed by atoms with Gasteiger partial charge in [-0.05, 0) is 133 Å². The minimum atomic E-state index is -0.0934. The highest BCUT2D eigenvalue weighted by atomic mass is 14.4. The molecule has 1 aliphatic rings. The van der Waals surface area contributed by atoms with E-state index in [0.29, 0.717) is 0 Å². The van der Waals surface area contributed by atoms with Crippen LogP contribution in [-0.4, -0.2) is 0 Å². The lowest BCUT2D eigenvalue weighted by Crippen LogP contribution is -2.15. The highest BCUT2D eigenvalue weighted by Gasteiger charge is 2.38. The summed E-state index contributed by atoms with van der Waals surface area (Å²) in [5.74, 6) is 0. The standard InChI is InChI=1S/C59H40/c1-59(2)54-28-14-27-44(57(54)52-34-33-37-15-3-6-20-45(37)58(52)59)38-29-31-39(32-30-38)55-48-23-9-11-25-50(48)56(51-26-12-10-24-49(51)55)42-18-13-17-40(35-42)53-36-41-16-4-5-19-43(41)46-21-7-8-22-47(46)53/h3-36H,1-2H3. The van der Waals surface area contributed by atoms with Gasteiger partial charge in [0.15, 0.2) is 0 Å². The lowest BCUT2D eigenvalue weighted by molar-refractivity contribution is 0.666. The third kappa shape index (κ3) is 5.03. The van der Waals surface area contributed by atoms with Gasteiger partial charge in [0.2, 0.25) is 0 Å². The summed E-state index contributed by atoms with van der Waals surface area (Å²) in [5.41, 5.74) is 15.5. The molecule has 0 heteroatoms. The summed E-state index contributed by atoms with van der Waals surface area (Å²) in [6, 6.07) is 76.8. The third-order valence-electron chi connectivity index (χ3n) is 13.2. The van der Waals surface area contributed by atoms with Crippen molar-refractivity contribution < 1.29 is 0 Å². The minimum Gasteiger partial charge on any atom is -0.0616 e. The second-order valence-electron chi connectivity index (χ2n) is 16.8. The first-order chi connectivity index (χ1) is 29.0. The fourth-order valence-electron chi connectivity index (χ4n) is 10.6. The summed E-state index contributed by atoms with van der Waals surface area (Å²) in [7, 11) is 0. The molecule has 0 nitrogen and oxygen atoms in total. The first-order valence-corrected chi connectivity index (χ1v) is 20.8. The molecule has 1 aliphatic carbocycles. The Morgan fingerprint density at radius 1 is 0.271 bits per heavy atom. The Balaban J connectivity index is 1.01. The molecule has 11 aromatic carbocycles. The van der Waals surface area contributed by atoms with Gasteiger partial charge in [-0.3, -0.25) is 0 Å². The van der Waals surface area contributed by atoms with E-state index in [1.807, 2.05) is 0 Å². The van der Waals surface area contributed by atoms with E-state index in [-0.39, 0.29) is 5.41 Å². The van der Waals surface area contributed by atoms with Gasteiger partial charge < -0.3 is 0 Å². The largest absolute Gasteiger partial charge is 0.0616 e. The van der Waals surface area contributed by atoms with Crippen LogP contribution in [0.15, 0.2) is 206 Å². The molecule has 11 aromatic rings. The van der Waals surface area contributed by atoms with Crippen molar-refractivity contribution in [2.24, 2.45) is 0 Å². The summed E-state index contributed by atoms with van der Waals surface area (Å²) in [6.45, 7) is 4.77. The van der Waals surface area contributed by atoms with Crippen molar-refractivity contribution >= 4 is 53.9 Å². The molecule has 0 saturated heterocycles. The van der Waals surface area contributed by atoms with Gasteiger partial charge in [-0.25, -0.2) is 0 Å². The molecule has 0 fully saturated rings. The van der Waals surface area contributed by atoms with Crippen molar-refractivity contribution in [1.82, 2.24) is 0 Å². The van der Waals surface area contributed by atoms with Crippen LogP contribution in [0.4, 0.5) is 0 Å². The fourth-order valence-corrected chi connectivity index (χ4v) is 10.6. The topological polar surface area (TPSA) is 0 Å². The molecule has 0 bridgehead atoms. The quantitative estimate of drug-likeness (QED) is 0.124. The van der Waals surface area contributed by atoms with Crippen LogP contribution in [0.2, 0.25) is 0 Å². The number of hydrogen-bond donors (Lipinski definition) is 0. The Kier molecular flexibility index (Phi) is 7.38. The zero-order valence-electron chi connectivity index (χ0n) is 33.1. The predicted molar refractivity (Wildman–Crippen MR) is 253 cm³/mol. The highest BCUT2D eigenvalue weighted by Crippen LogP contribution is 2.54. The van der Waals surface area contributed by atoms with Crippen LogP contribution in [0.25, 0.3) is 109 Å². The maximum atomic E-state index is 2.40. The molecule has 0 radical (unpaired) electrons. The molecule has 0 amide bonds. The SMILES string of the molecule is CC1(C)c2cccc(-c3ccc(-c4c5ccccc5c(-c5cccc(-c6cc7ccccc7c7ccccc67)c5)c5ccccc45)cc3)c2-c2ccc3ccccc3c21. The summed E-state index contributed by atoms with van der Waals surface area (Å²) in [4.78, 5) is 0. The van der Waals surface area contributed by atoms with Crippen molar-refractivity contribution in [3.05, 3.63) is 217 Å². The van der Waals surface area contributed by atoms with Gasteiger partial charge in [-0.15, -0.1) is 0 Å². The van der Waals surface area contributed by atoms with E-state index in [1.165, 1.54) is 121 Å². The van der Waals surface area contributed by atoms with Gasteiger partial charge in [0, 0.05) is 5.41 Å². The van der Waals surface area contributed by atoms with Gasteiger partial charge in [-0.2, -0.15) is 0 Å². The van der Waals surface area contributed by atoms with Crippen LogP contribution in [0, 0.1) is 0 Å². The van der Waals surface area contributed by atoms with E-state index >= 15 is 0 Å². The van der Waals surface area contributed by atoms with Crippen molar-refractivity contribution in [3.8, 4) is 55.6 Å². The van der Waals surface area contributed by atoms with Gasteiger partial charge in [0.1, 0.15) is 0 Å². The van der Waals surface area contributed by atoms with Gasteiger partial charge >= 0.3 is 0 Å². The molecule has 0 aromatic heterocycles. The molecule has 0 spiro atoms. The monoisotopic (exact) mass is 748 g/mol. The van der Waals surface area contributed by atoms with Crippen LogP contribution in [-0.2, 0) is 5.41 Å². The zero-order valence-corrected chi connectivity index (χ0v) is 33.1. The number of rotatable bonds is 4. The van der Waals surface area contributed by atoms with Crippen molar-refractivity contribution in [2.45, 2.75) is 19.3 Å². The fraction of sp³-hybridized carbons (Fsp3) is 0.0508. The van der Waals surface area contributed by atoms with Crippen LogP contribution in [0.1, 0.15) is 25.0 Å². The molecule has 276 valence electrons. The van der Waals surface area contributed by atoms with E-state index in [4.69, 9.17) is 0 Å². The average molecular weight is 749 g/mol. The van der Waals surface area contributed by atoms with Crippen LogP contribution in [0.5, 0.6) is 0 Å². The second-order valence-corrected chi connectivity index (χ2v) is 16.8. The molecular weight excluding hydrogens is 709 g/mol. The molecule has 0 aliphatic heterocycles. The van der Waals surface area contributed by atoms with E-state index in [1.54, 1.807) is 0 Å². The van der Waals surface area contributed by atoms with E-state index in [0.717, 1.165) is 0 Å². The van der Waals surface area contributed by atoms with E-state index < -0.39 is 0 Å². The van der Waals surface area contributed by atoms with E-state index in [2.05, 4.69) is 220 Å². The summed E-state index contributed by atoms with van der Waals surface area (Å²) < 4.78 is 0. The highest BCUT2D eigenvalue weighted by molar-refractivity contribution is 6.22. The molecule has 12 rings (SSSR count). The van der Waals surface area contributed by atoms with Crippen molar-refractivity contribution in [1.29, 1.82) is 0 Å². The Hall–Kier alpha value is -7.28. The first-order valence-electron chi connectivity index (χ1n) is 20.8. The molecular formula is C59H40. The second kappa shape index (κ2) is 12.9. The molecule has 0 unspecified atom stereocenters. The van der Waals surface area contributed by atoms with Gasteiger partial charge in [0.25, 0.3) is 0 Å². The Bertz CT molecular complexity index is 3450. The molecule has 0 atom stereocenters. The Morgan fingerprint density at radius 3 is 1.49 bits per heavy atom. The van der Waals surface area contributed by atoms with Crippen LogP contribution < -0.4 is 0 Å². The third-order valence-corrected chi connectivity index (χ3v) is 13.2. The maximum Gasteiger partial charge on any atom is 0.0165 e. The molecule has 59 heavy (non-hydrogen) atoms. The lowest BCUT2D eigenvalue weighted by atomic mass is 9.80. The van der Waals surface area contributed by atoms with E-state index in [9.17, 15) is 0 Å². The molecule has 0 heterocycles. The predicted octanol–water partition coefficient (Wildman–Crippen LogP) is 16.4. The first kappa shape index (κ1) is 33.8. The Morgan fingerprint density at radius 2 is 0.797 bits per heavy atom. The van der Waals surface area contributed by atoms with Gasteiger partial charge in [0.05, 0.1) is 0 Å². The zero-order chi connectivity index (χ0) is 39.2. The van der Waals surface area contributed by atoms with Crippen LogP contribution >= 0.6 is 0 Å². The molecule has 0 saturated carbocycles. The Labute approximate surface area is 344 Å². The van der Waals surface area contributed by atoms with Gasteiger partial charge in [-0.1, -0.05) is 208 Å². The van der Waals surface area contributed by atoms with Crippen molar-refractivity contribution in [2.75, 3.05) is 0 Å². The normalized spacial score (nSPS) is 13.1. The number of fused-ring (bicyclic) bond motifs is 10. The number of hydrogen-bond acceptors (Lipinski definition) is 0. The summed E-state index contributed by atoms with van der Waals surface area (Å²) in [6.07, 6.45) is 0. The maximum absolute atomic E-state index is 2.40. The minimum absolute atomic E-state index is 0.0934. The summed E-state index contributed by atoms with van der Waals surface area (Å²) >= 11 is 0. The molecule has 0 N–H and O–H groups in total. The van der Waals surface area contributed by atoms with Crippen LogP contribution in [0.3, 0.4) is 0 Å². The average Bonchev–Trinajstić information content (AvgIpc) is 3.54. The van der Waals surface area contributed by atoms with Crippen molar-refractivity contribution in [3.63, 3.8) is 0 Å². The smallest absolute Gasteiger partial charge is 0.0165 e. The summed E-state index contributed by atoms with van der Waals surface area (Å²) in [5, 5.41) is 12.8. The lowest BCUT2D eigenvalue weighted by Gasteiger charge is -2.23.